The number of para-hydroxylation sites is 1. The molecule has 1 rings (SSSR count). The Balaban J connectivity index is 2.30. The molecule has 0 saturated carbocycles. The minimum absolute atomic E-state index is 0.122. The molecule has 19 heavy (non-hydrogen) atoms. The van der Waals surface area contributed by atoms with Crippen molar-refractivity contribution in [1.82, 2.24) is 5.32 Å². The molecule has 0 bridgehead atoms. The summed E-state index contributed by atoms with van der Waals surface area (Å²) in [5.74, 6) is 0.293. The number of amides is 1. The van der Waals surface area contributed by atoms with Crippen LogP contribution in [-0.4, -0.2) is 25.5 Å². The van der Waals surface area contributed by atoms with Gasteiger partial charge < -0.3 is 10.2 Å². The van der Waals surface area contributed by atoms with Crippen LogP contribution in [0.2, 0.25) is 0 Å². The maximum absolute atomic E-state index is 11.6. The second-order valence-corrected chi connectivity index (χ2v) is 4.87. The normalized spacial score (nSPS) is 11.9. The van der Waals surface area contributed by atoms with E-state index in [1.165, 1.54) is 5.69 Å². The van der Waals surface area contributed by atoms with E-state index in [2.05, 4.69) is 41.4 Å². The van der Waals surface area contributed by atoms with Crippen LogP contribution in [0.4, 0.5) is 5.69 Å². The van der Waals surface area contributed by atoms with Crippen molar-refractivity contribution in [3.63, 3.8) is 0 Å². The van der Waals surface area contributed by atoms with E-state index >= 15 is 0 Å². The monoisotopic (exact) mass is 262 g/mol. The van der Waals surface area contributed by atoms with Crippen LogP contribution in [0.25, 0.3) is 0 Å². The molecular weight excluding hydrogens is 236 g/mol. The summed E-state index contributed by atoms with van der Waals surface area (Å²) >= 11 is 0. The standard InChI is InChI=1S/C16H26N2O/c1-4-14(3)16(19)17-12-9-13-18(5-2)15-10-7-6-8-11-15/h6-8,10-11,14H,4-5,9,12-13H2,1-3H3,(H,17,19)/t14-/m0/s1. The minimum Gasteiger partial charge on any atom is -0.372 e. The molecule has 1 aromatic carbocycles. The van der Waals surface area contributed by atoms with E-state index in [1.807, 2.05) is 19.9 Å². The highest BCUT2D eigenvalue weighted by Crippen LogP contribution is 2.12. The number of anilines is 1. The van der Waals surface area contributed by atoms with E-state index in [1.54, 1.807) is 0 Å². The molecule has 0 fully saturated rings. The van der Waals surface area contributed by atoms with Crippen LogP contribution in [-0.2, 0) is 4.79 Å². The van der Waals surface area contributed by atoms with E-state index in [4.69, 9.17) is 0 Å². The molecule has 1 N–H and O–H groups in total. The Morgan fingerprint density at radius 3 is 2.53 bits per heavy atom. The zero-order chi connectivity index (χ0) is 14.1. The Morgan fingerprint density at radius 2 is 1.95 bits per heavy atom. The van der Waals surface area contributed by atoms with Gasteiger partial charge in [-0.2, -0.15) is 0 Å². The summed E-state index contributed by atoms with van der Waals surface area (Å²) < 4.78 is 0. The van der Waals surface area contributed by atoms with Crippen LogP contribution in [0.15, 0.2) is 30.3 Å². The molecule has 0 saturated heterocycles. The third-order valence-corrected chi connectivity index (χ3v) is 3.47. The Hall–Kier alpha value is -1.51. The lowest BCUT2D eigenvalue weighted by molar-refractivity contribution is -0.124. The lowest BCUT2D eigenvalue weighted by Crippen LogP contribution is -2.32. The van der Waals surface area contributed by atoms with Crippen molar-refractivity contribution in [2.75, 3.05) is 24.5 Å². The lowest BCUT2D eigenvalue weighted by atomic mass is 10.1. The van der Waals surface area contributed by atoms with Crippen molar-refractivity contribution in [1.29, 1.82) is 0 Å². The Kier molecular flexibility index (Phi) is 7.01. The highest BCUT2D eigenvalue weighted by Gasteiger charge is 2.09. The molecule has 1 atom stereocenters. The van der Waals surface area contributed by atoms with Gasteiger partial charge in [-0.05, 0) is 31.9 Å². The van der Waals surface area contributed by atoms with Crippen molar-refractivity contribution in [2.24, 2.45) is 5.92 Å². The van der Waals surface area contributed by atoms with Crippen molar-refractivity contribution in [3.8, 4) is 0 Å². The van der Waals surface area contributed by atoms with Crippen molar-refractivity contribution in [3.05, 3.63) is 30.3 Å². The van der Waals surface area contributed by atoms with Gasteiger partial charge in [0.2, 0.25) is 5.91 Å². The number of carbonyl (C=O) groups is 1. The molecule has 1 aromatic rings. The first-order valence-electron chi connectivity index (χ1n) is 7.26. The van der Waals surface area contributed by atoms with Gasteiger partial charge in [0.05, 0.1) is 0 Å². The number of hydrogen-bond acceptors (Lipinski definition) is 2. The number of benzene rings is 1. The molecule has 3 heteroatoms. The van der Waals surface area contributed by atoms with Gasteiger partial charge in [0.1, 0.15) is 0 Å². The molecule has 0 unspecified atom stereocenters. The molecule has 0 spiro atoms. The Bertz CT molecular complexity index is 364. The number of nitrogens with zero attached hydrogens (tertiary/aromatic N) is 1. The fourth-order valence-corrected chi connectivity index (χ4v) is 1.95. The average Bonchev–Trinajstić information content (AvgIpc) is 2.47. The first-order valence-corrected chi connectivity index (χ1v) is 7.26. The van der Waals surface area contributed by atoms with Crippen LogP contribution in [0.1, 0.15) is 33.6 Å². The molecule has 0 aromatic heterocycles. The minimum atomic E-state index is 0.122. The quantitative estimate of drug-likeness (QED) is 0.730. The molecule has 106 valence electrons. The van der Waals surface area contributed by atoms with E-state index in [0.717, 1.165) is 32.5 Å². The maximum atomic E-state index is 11.6. The van der Waals surface area contributed by atoms with Gasteiger partial charge in [-0.15, -0.1) is 0 Å². The number of nitrogens with one attached hydrogen (secondary N) is 1. The second-order valence-electron chi connectivity index (χ2n) is 4.87. The van der Waals surface area contributed by atoms with Gasteiger partial charge in [-0.3, -0.25) is 4.79 Å². The van der Waals surface area contributed by atoms with Crippen LogP contribution >= 0.6 is 0 Å². The van der Waals surface area contributed by atoms with Crippen molar-refractivity contribution in [2.45, 2.75) is 33.6 Å². The third kappa shape index (κ3) is 5.33. The molecule has 0 radical (unpaired) electrons. The highest BCUT2D eigenvalue weighted by molar-refractivity contribution is 5.78. The van der Waals surface area contributed by atoms with Crippen LogP contribution in [0.5, 0.6) is 0 Å². The zero-order valence-corrected chi connectivity index (χ0v) is 12.4. The molecular formula is C16H26N2O. The zero-order valence-electron chi connectivity index (χ0n) is 12.4. The van der Waals surface area contributed by atoms with Crippen molar-refractivity contribution >= 4 is 11.6 Å². The predicted molar refractivity (Wildman–Crippen MR) is 81.4 cm³/mol. The summed E-state index contributed by atoms with van der Waals surface area (Å²) in [5.41, 5.74) is 1.25. The van der Waals surface area contributed by atoms with Crippen molar-refractivity contribution < 1.29 is 4.79 Å². The number of carbonyl (C=O) groups excluding carboxylic acids is 1. The van der Waals surface area contributed by atoms with E-state index in [9.17, 15) is 4.79 Å². The topological polar surface area (TPSA) is 32.3 Å². The number of rotatable bonds is 8. The first kappa shape index (κ1) is 15.5. The summed E-state index contributed by atoms with van der Waals surface area (Å²) in [4.78, 5) is 14.0. The molecule has 3 nitrogen and oxygen atoms in total. The van der Waals surface area contributed by atoms with Crippen LogP contribution in [0, 0.1) is 5.92 Å². The van der Waals surface area contributed by atoms with E-state index < -0.39 is 0 Å². The third-order valence-electron chi connectivity index (χ3n) is 3.47. The SMILES string of the molecule is CC[C@H](C)C(=O)NCCCN(CC)c1ccccc1. The predicted octanol–water partition coefficient (Wildman–Crippen LogP) is 3.07. The van der Waals surface area contributed by atoms with Gasteiger partial charge in [-0.25, -0.2) is 0 Å². The maximum Gasteiger partial charge on any atom is 0.222 e. The average molecular weight is 262 g/mol. The van der Waals surface area contributed by atoms with E-state index in [0.29, 0.717) is 0 Å². The van der Waals surface area contributed by atoms with Gasteiger partial charge in [-0.1, -0.05) is 32.0 Å². The number of hydrogen-bond donors (Lipinski definition) is 1. The van der Waals surface area contributed by atoms with Gasteiger partial charge in [0.25, 0.3) is 0 Å². The lowest BCUT2D eigenvalue weighted by Gasteiger charge is -2.23. The van der Waals surface area contributed by atoms with Gasteiger partial charge >= 0.3 is 0 Å². The highest BCUT2D eigenvalue weighted by atomic mass is 16.1. The molecule has 0 heterocycles. The van der Waals surface area contributed by atoms with Crippen LogP contribution < -0.4 is 10.2 Å². The first-order chi connectivity index (χ1) is 9.19. The van der Waals surface area contributed by atoms with E-state index in [-0.39, 0.29) is 11.8 Å². The summed E-state index contributed by atoms with van der Waals surface area (Å²) in [6, 6.07) is 10.4. The molecule has 0 aliphatic heterocycles. The summed E-state index contributed by atoms with van der Waals surface area (Å²) in [6.07, 6.45) is 1.88. The largest absolute Gasteiger partial charge is 0.372 e. The molecule has 0 aliphatic rings. The fourth-order valence-electron chi connectivity index (χ4n) is 1.95. The Morgan fingerprint density at radius 1 is 1.26 bits per heavy atom. The second kappa shape index (κ2) is 8.57. The smallest absolute Gasteiger partial charge is 0.222 e. The summed E-state index contributed by atoms with van der Waals surface area (Å²) in [5, 5.41) is 3.00. The summed E-state index contributed by atoms with van der Waals surface area (Å²) in [6.45, 7) is 8.89. The van der Waals surface area contributed by atoms with Gasteiger partial charge in [0, 0.05) is 31.2 Å². The molecule has 0 aliphatic carbocycles. The van der Waals surface area contributed by atoms with Crippen LogP contribution in [0.3, 0.4) is 0 Å². The van der Waals surface area contributed by atoms with Gasteiger partial charge in [0.15, 0.2) is 0 Å². The summed E-state index contributed by atoms with van der Waals surface area (Å²) in [7, 11) is 0. The Labute approximate surface area is 117 Å². The fraction of sp³-hybridized carbons (Fsp3) is 0.562. The molecule has 1 amide bonds.